The second-order valence-electron chi connectivity index (χ2n) is 9.45. The van der Waals surface area contributed by atoms with Gasteiger partial charge in [0.05, 0.1) is 12.3 Å². The number of hydrogen-bond acceptors (Lipinski definition) is 3. The van der Waals surface area contributed by atoms with E-state index in [1.807, 2.05) is 48.5 Å². The van der Waals surface area contributed by atoms with Crippen molar-refractivity contribution in [1.82, 2.24) is 5.32 Å². The zero-order valence-electron chi connectivity index (χ0n) is 21.1. The first-order chi connectivity index (χ1) is 18.4. The molecular weight excluding hydrogens is 591 g/mol. The number of carbonyl (C=O) groups is 3. The molecular formula is C31H31IN2O4. The summed E-state index contributed by atoms with van der Waals surface area (Å²) in [4.78, 5) is 36.5. The first-order valence-electron chi connectivity index (χ1n) is 12.8. The van der Waals surface area contributed by atoms with Crippen LogP contribution in [0.3, 0.4) is 0 Å². The lowest BCUT2D eigenvalue weighted by Gasteiger charge is -2.19. The Morgan fingerprint density at radius 1 is 0.947 bits per heavy atom. The summed E-state index contributed by atoms with van der Waals surface area (Å²) in [5.41, 5.74) is 5.65. The number of anilines is 1. The summed E-state index contributed by atoms with van der Waals surface area (Å²) >= 11 is 2.23. The smallest absolute Gasteiger partial charge is 0.305 e. The van der Waals surface area contributed by atoms with Gasteiger partial charge >= 0.3 is 5.97 Å². The lowest BCUT2D eigenvalue weighted by molar-refractivity contribution is -0.136. The van der Waals surface area contributed by atoms with Gasteiger partial charge in [-0.25, -0.2) is 0 Å². The molecule has 0 aliphatic heterocycles. The van der Waals surface area contributed by atoms with Crippen molar-refractivity contribution >= 4 is 51.6 Å². The van der Waals surface area contributed by atoms with Crippen molar-refractivity contribution in [1.29, 1.82) is 0 Å². The van der Waals surface area contributed by atoms with Gasteiger partial charge in [0.25, 0.3) is 5.91 Å². The van der Waals surface area contributed by atoms with Crippen LogP contribution in [0.15, 0.2) is 78.9 Å². The number of allylic oxidation sites excluding steroid dienone is 2. The van der Waals surface area contributed by atoms with Crippen LogP contribution < -0.4 is 10.6 Å². The standard InChI is InChI=1S/C31H31IN2O4/c32-26-7-4-8-27(20-26)34-31(38)28(24-15-13-23(14-16-24)22-5-2-1-3-6-22)19-21-9-11-25(12-10-21)30(37)33-18-17-29(35)36/h4-5,7-16,20,28H,1-3,6,17-19H2,(H,33,37)(H,34,38)(H,35,36). The number of amides is 2. The molecule has 3 aromatic rings. The highest BCUT2D eigenvalue weighted by Gasteiger charge is 2.22. The minimum absolute atomic E-state index is 0.0729. The summed E-state index contributed by atoms with van der Waals surface area (Å²) in [6.45, 7) is 0.0729. The maximum atomic E-state index is 13.5. The van der Waals surface area contributed by atoms with E-state index in [2.05, 4.69) is 51.4 Å². The molecule has 1 unspecified atom stereocenters. The van der Waals surface area contributed by atoms with Crippen molar-refractivity contribution < 1.29 is 19.5 Å². The number of nitrogens with one attached hydrogen (secondary N) is 2. The molecule has 7 heteroatoms. The highest BCUT2D eigenvalue weighted by atomic mass is 127. The quantitative estimate of drug-likeness (QED) is 0.228. The molecule has 0 saturated heterocycles. The zero-order valence-corrected chi connectivity index (χ0v) is 23.2. The summed E-state index contributed by atoms with van der Waals surface area (Å²) in [5, 5.41) is 14.4. The van der Waals surface area contributed by atoms with Gasteiger partial charge in [-0.3, -0.25) is 14.4 Å². The molecule has 38 heavy (non-hydrogen) atoms. The zero-order chi connectivity index (χ0) is 26.9. The first-order valence-corrected chi connectivity index (χ1v) is 13.9. The van der Waals surface area contributed by atoms with Crippen molar-refractivity contribution in [2.45, 2.75) is 44.4 Å². The van der Waals surface area contributed by atoms with Crippen molar-refractivity contribution in [3.63, 3.8) is 0 Å². The number of benzene rings is 3. The number of hydrogen-bond donors (Lipinski definition) is 3. The van der Waals surface area contributed by atoms with Crippen LogP contribution >= 0.6 is 22.6 Å². The maximum absolute atomic E-state index is 13.5. The second-order valence-corrected chi connectivity index (χ2v) is 10.7. The van der Waals surface area contributed by atoms with E-state index < -0.39 is 11.9 Å². The molecule has 196 valence electrons. The minimum Gasteiger partial charge on any atom is -0.481 e. The SMILES string of the molecule is O=C(O)CCNC(=O)c1ccc(CC(C(=O)Nc2cccc(I)c2)c2ccc(C3=CCCCC3)cc2)cc1. The Morgan fingerprint density at radius 3 is 2.37 bits per heavy atom. The predicted octanol–water partition coefficient (Wildman–Crippen LogP) is 6.42. The molecule has 0 bridgehead atoms. The molecule has 6 nitrogen and oxygen atoms in total. The van der Waals surface area contributed by atoms with Crippen molar-refractivity contribution in [3.8, 4) is 0 Å². The van der Waals surface area contributed by atoms with E-state index in [0.29, 0.717) is 12.0 Å². The van der Waals surface area contributed by atoms with E-state index in [1.54, 1.807) is 12.1 Å². The number of carboxylic acids is 1. The van der Waals surface area contributed by atoms with Gasteiger partial charge in [0.15, 0.2) is 0 Å². The number of carbonyl (C=O) groups excluding carboxylic acids is 2. The molecule has 2 amide bonds. The summed E-state index contributed by atoms with van der Waals surface area (Å²) < 4.78 is 1.04. The Kier molecular flexibility index (Phi) is 9.70. The Morgan fingerprint density at radius 2 is 1.71 bits per heavy atom. The first kappa shape index (κ1) is 27.6. The van der Waals surface area contributed by atoms with E-state index >= 15 is 0 Å². The predicted molar refractivity (Wildman–Crippen MR) is 158 cm³/mol. The summed E-state index contributed by atoms with van der Waals surface area (Å²) in [6.07, 6.45) is 7.32. The van der Waals surface area contributed by atoms with Gasteiger partial charge in [-0.2, -0.15) is 0 Å². The van der Waals surface area contributed by atoms with Crippen molar-refractivity contribution in [2.24, 2.45) is 0 Å². The van der Waals surface area contributed by atoms with Gasteiger partial charge < -0.3 is 15.7 Å². The Hall–Kier alpha value is -3.46. The lowest BCUT2D eigenvalue weighted by atomic mass is 9.88. The fourth-order valence-corrected chi connectivity index (χ4v) is 5.14. The van der Waals surface area contributed by atoms with Gasteiger partial charge in [0, 0.05) is 21.4 Å². The number of rotatable bonds is 10. The third-order valence-electron chi connectivity index (χ3n) is 6.66. The van der Waals surface area contributed by atoms with Crippen LogP contribution in [-0.4, -0.2) is 29.4 Å². The highest BCUT2D eigenvalue weighted by molar-refractivity contribution is 14.1. The highest BCUT2D eigenvalue weighted by Crippen LogP contribution is 2.29. The number of aliphatic carboxylic acids is 1. The molecule has 0 saturated carbocycles. The average molecular weight is 623 g/mol. The van der Waals surface area contributed by atoms with Gasteiger partial charge in [0.2, 0.25) is 5.91 Å². The Balaban J connectivity index is 1.52. The Bertz CT molecular complexity index is 1320. The van der Waals surface area contributed by atoms with Gasteiger partial charge in [-0.15, -0.1) is 0 Å². The monoisotopic (exact) mass is 622 g/mol. The molecule has 1 aliphatic rings. The largest absolute Gasteiger partial charge is 0.481 e. The molecule has 3 N–H and O–H groups in total. The summed E-state index contributed by atoms with van der Waals surface area (Å²) in [7, 11) is 0. The summed E-state index contributed by atoms with van der Waals surface area (Å²) in [6, 6.07) is 23.1. The van der Waals surface area contributed by atoms with Crippen LogP contribution in [0.1, 0.15) is 65.1 Å². The second kappa shape index (κ2) is 13.4. The van der Waals surface area contributed by atoms with E-state index in [0.717, 1.165) is 33.2 Å². The molecule has 0 fully saturated rings. The van der Waals surface area contributed by atoms with E-state index in [1.165, 1.54) is 24.0 Å². The maximum Gasteiger partial charge on any atom is 0.305 e. The number of halogens is 1. The fraction of sp³-hybridized carbons (Fsp3) is 0.258. The van der Waals surface area contributed by atoms with Gasteiger partial charge in [0.1, 0.15) is 0 Å². The van der Waals surface area contributed by atoms with Crippen LogP contribution in [0.4, 0.5) is 5.69 Å². The van der Waals surface area contributed by atoms with Crippen LogP contribution in [-0.2, 0) is 16.0 Å². The van der Waals surface area contributed by atoms with E-state index in [-0.39, 0.29) is 24.8 Å². The van der Waals surface area contributed by atoms with Crippen LogP contribution in [0.5, 0.6) is 0 Å². The average Bonchev–Trinajstić information content (AvgIpc) is 2.92. The Labute approximate surface area is 236 Å². The molecule has 0 radical (unpaired) electrons. The normalized spacial score (nSPS) is 13.8. The molecule has 0 aromatic heterocycles. The molecule has 4 rings (SSSR count). The molecule has 3 aromatic carbocycles. The topological polar surface area (TPSA) is 95.5 Å². The third kappa shape index (κ3) is 7.77. The lowest BCUT2D eigenvalue weighted by Crippen LogP contribution is -2.26. The summed E-state index contributed by atoms with van der Waals surface area (Å²) in [5.74, 6) is -1.79. The fourth-order valence-electron chi connectivity index (χ4n) is 4.60. The molecule has 0 spiro atoms. The minimum atomic E-state index is -0.960. The molecule has 1 aliphatic carbocycles. The third-order valence-corrected chi connectivity index (χ3v) is 7.33. The van der Waals surface area contributed by atoms with Gasteiger partial charge in [-0.05, 0) is 107 Å². The van der Waals surface area contributed by atoms with E-state index in [9.17, 15) is 14.4 Å². The van der Waals surface area contributed by atoms with Crippen LogP contribution in [0, 0.1) is 3.57 Å². The van der Waals surface area contributed by atoms with Gasteiger partial charge in [-0.1, -0.05) is 48.5 Å². The van der Waals surface area contributed by atoms with Crippen LogP contribution in [0.2, 0.25) is 0 Å². The molecule has 0 heterocycles. The van der Waals surface area contributed by atoms with Crippen LogP contribution in [0.25, 0.3) is 5.57 Å². The molecule has 1 atom stereocenters. The van der Waals surface area contributed by atoms with Crippen molar-refractivity contribution in [3.05, 3.63) is 105 Å². The van der Waals surface area contributed by atoms with E-state index in [4.69, 9.17) is 5.11 Å². The van der Waals surface area contributed by atoms with Crippen molar-refractivity contribution in [2.75, 3.05) is 11.9 Å². The number of carboxylic acid groups (broad SMARTS) is 1.